The molecule has 0 amide bonds. The van der Waals surface area contributed by atoms with Crippen molar-refractivity contribution in [2.45, 2.75) is 5.25 Å². The molecule has 6 nitrogen and oxygen atoms in total. The average Bonchev–Trinajstić information content (AvgIpc) is 2.53. The fraction of sp³-hybridized carbons (Fsp3) is 0.0667. The van der Waals surface area contributed by atoms with Crippen LogP contribution in [0.5, 0.6) is 5.75 Å². The van der Waals surface area contributed by atoms with Crippen molar-refractivity contribution >= 4 is 40.9 Å². The van der Waals surface area contributed by atoms with E-state index in [1.165, 1.54) is 18.3 Å². The number of phenols is 1. The number of anilines is 2. The molecule has 3 rings (SSSR count). The summed E-state index contributed by atoms with van der Waals surface area (Å²) in [4.78, 5) is 7.92. The molecular formula is C15H12Cl2FN5O. The van der Waals surface area contributed by atoms with Crippen LogP contribution >= 0.6 is 23.2 Å². The number of benzene rings is 1. The summed E-state index contributed by atoms with van der Waals surface area (Å²) in [6.07, 6.45) is 2.41. The molecule has 1 unspecified atom stereocenters. The van der Waals surface area contributed by atoms with Crippen LogP contribution < -0.4 is 16.0 Å². The van der Waals surface area contributed by atoms with E-state index in [0.29, 0.717) is 16.5 Å². The van der Waals surface area contributed by atoms with E-state index in [2.05, 4.69) is 25.9 Å². The van der Waals surface area contributed by atoms with E-state index in [1.54, 1.807) is 24.3 Å². The second-order valence-electron chi connectivity index (χ2n) is 4.89. The molecule has 24 heavy (non-hydrogen) atoms. The van der Waals surface area contributed by atoms with Gasteiger partial charge in [0.15, 0.2) is 5.83 Å². The first-order valence-corrected chi connectivity index (χ1v) is 7.57. The highest BCUT2D eigenvalue weighted by Gasteiger charge is 2.31. The maximum atomic E-state index is 14.0. The van der Waals surface area contributed by atoms with Crippen LogP contribution in [-0.4, -0.2) is 21.6 Å². The van der Waals surface area contributed by atoms with E-state index in [0.717, 1.165) is 6.21 Å². The number of phenolic OH excluding ortho intramolecular Hbond substituents is 1. The number of halogens is 3. The number of aromatic nitrogens is 1. The third-order valence-corrected chi connectivity index (χ3v) is 3.53. The van der Waals surface area contributed by atoms with Gasteiger partial charge < -0.3 is 21.1 Å². The van der Waals surface area contributed by atoms with E-state index in [1.807, 2.05) is 0 Å². The summed E-state index contributed by atoms with van der Waals surface area (Å²) < 4.78 is 14.0. The minimum Gasteiger partial charge on any atom is -0.508 e. The molecule has 1 aliphatic heterocycles. The summed E-state index contributed by atoms with van der Waals surface area (Å²) >= 11 is 12.1. The summed E-state index contributed by atoms with van der Waals surface area (Å²) in [7, 11) is 0. The lowest BCUT2D eigenvalue weighted by atomic mass is 10.3. The number of aliphatic imine (C=N–C) groups is 1. The number of alkyl halides is 1. The molecule has 0 bridgehead atoms. The summed E-state index contributed by atoms with van der Waals surface area (Å²) in [5, 5.41) is 16.8. The summed E-state index contributed by atoms with van der Waals surface area (Å²) in [6.45, 7) is 0. The largest absolute Gasteiger partial charge is 0.508 e. The molecule has 0 saturated heterocycles. The van der Waals surface area contributed by atoms with Crippen molar-refractivity contribution in [2.75, 3.05) is 10.6 Å². The van der Waals surface area contributed by atoms with E-state index in [-0.39, 0.29) is 11.6 Å². The summed E-state index contributed by atoms with van der Waals surface area (Å²) in [5.74, 6) is -0.211. The number of pyridine rings is 1. The Labute approximate surface area is 147 Å². The Hall–Kier alpha value is -2.51. The normalized spacial score (nSPS) is 19.8. The average molecular weight is 368 g/mol. The van der Waals surface area contributed by atoms with Crippen LogP contribution in [0.3, 0.4) is 0 Å². The highest BCUT2D eigenvalue weighted by Crippen LogP contribution is 2.26. The second kappa shape index (κ2) is 6.54. The summed E-state index contributed by atoms with van der Waals surface area (Å²) in [5.41, 5.74) is 0.501. The number of rotatable bonds is 4. The van der Waals surface area contributed by atoms with Gasteiger partial charge in [0.1, 0.15) is 17.4 Å². The Bertz CT molecular complexity index is 812. The molecule has 124 valence electrons. The maximum absolute atomic E-state index is 14.0. The first-order chi connectivity index (χ1) is 11.4. The van der Waals surface area contributed by atoms with Gasteiger partial charge in [0.2, 0.25) is 0 Å². The molecule has 0 saturated carbocycles. The van der Waals surface area contributed by atoms with Gasteiger partial charge in [0.05, 0.1) is 11.2 Å². The molecule has 2 heterocycles. The van der Waals surface area contributed by atoms with Gasteiger partial charge in [-0.15, -0.1) is 0 Å². The zero-order valence-corrected chi connectivity index (χ0v) is 13.6. The number of hydrogen-bond donors (Lipinski definition) is 4. The molecule has 1 aliphatic rings. The smallest absolute Gasteiger partial charge is 0.287 e. The van der Waals surface area contributed by atoms with Crippen molar-refractivity contribution in [2.24, 2.45) is 4.99 Å². The van der Waals surface area contributed by atoms with Crippen molar-refractivity contribution in [3.05, 3.63) is 59.3 Å². The number of aromatic hydroxyl groups is 1. The van der Waals surface area contributed by atoms with Crippen molar-refractivity contribution in [3.8, 4) is 5.75 Å². The van der Waals surface area contributed by atoms with Crippen LogP contribution in [-0.2, 0) is 0 Å². The fourth-order valence-corrected chi connectivity index (χ4v) is 2.34. The first-order valence-electron chi connectivity index (χ1n) is 6.81. The summed E-state index contributed by atoms with van der Waals surface area (Å²) in [6, 6.07) is 9.51. The highest BCUT2D eigenvalue weighted by atomic mass is 35.5. The number of hydrogen-bond acceptors (Lipinski definition) is 6. The standard InChI is InChI=1S/C15H12Cl2FN5O/c16-9-4-5-13(19-7-9)21-14-12(18)8-20-15(17,23-14)22-10-2-1-3-11(24)6-10/h1-8,22-24H,(H,19,21). The molecule has 1 aromatic heterocycles. The fourth-order valence-electron chi connectivity index (χ4n) is 1.98. The van der Waals surface area contributed by atoms with Gasteiger partial charge in [-0.05, 0) is 35.9 Å². The predicted octanol–water partition coefficient (Wildman–Crippen LogP) is 3.63. The van der Waals surface area contributed by atoms with Crippen LogP contribution in [0.2, 0.25) is 5.02 Å². The van der Waals surface area contributed by atoms with Crippen molar-refractivity contribution in [1.29, 1.82) is 0 Å². The van der Waals surface area contributed by atoms with Gasteiger partial charge in [-0.1, -0.05) is 17.7 Å². The van der Waals surface area contributed by atoms with Gasteiger partial charge in [0, 0.05) is 18.0 Å². The Morgan fingerprint density at radius 3 is 2.79 bits per heavy atom. The van der Waals surface area contributed by atoms with Gasteiger partial charge in [0.25, 0.3) is 5.25 Å². The Balaban J connectivity index is 1.77. The van der Waals surface area contributed by atoms with Crippen molar-refractivity contribution in [1.82, 2.24) is 10.3 Å². The number of allylic oxidation sites excluding steroid dienone is 1. The van der Waals surface area contributed by atoms with Gasteiger partial charge in [-0.2, -0.15) is 0 Å². The quantitative estimate of drug-likeness (QED) is 0.490. The molecule has 9 heteroatoms. The molecular weight excluding hydrogens is 356 g/mol. The predicted molar refractivity (Wildman–Crippen MR) is 92.9 cm³/mol. The van der Waals surface area contributed by atoms with Crippen LogP contribution in [0.25, 0.3) is 0 Å². The van der Waals surface area contributed by atoms with Crippen LogP contribution in [0, 0.1) is 0 Å². The highest BCUT2D eigenvalue weighted by molar-refractivity contribution is 6.30. The molecule has 2 aromatic rings. The minimum atomic E-state index is -1.53. The Kier molecular flexibility index (Phi) is 4.46. The molecule has 0 spiro atoms. The van der Waals surface area contributed by atoms with Crippen LogP contribution in [0.4, 0.5) is 15.9 Å². The van der Waals surface area contributed by atoms with E-state index < -0.39 is 11.1 Å². The Morgan fingerprint density at radius 1 is 1.25 bits per heavy atom. The van der Waals surface area contributed by atoms with Crippen molar-refractivity contribution in [3.63, 3.8) is 0 Å². The van der Waals surface area contributed by atoms with E-state index in [4.69, 9.17) is 23.2 Å². The topological polar surface area (TPSA) is 81.6 Å². The lowest BCUT2D eigenvalue weighted by molar-refractivity contribution is 0.475. The van der Waals surface area contributed by atoms with Gasteiger partial charge in [-0.25, -0.2) is 14.4 Å². The Morgan fingerprint density at radius 2 is 2.08 bits per heavy atom. The van der Waals surface area contributed by atoms with E-state index >= 15 is 0 Å². The maximum Gasteiger partial charge on any atom is 0.287 e. The zero-order chi connectivity index (χ0) is 17.2. The monoisotopic (exact) mass is 367 g/mol. The van der Waals surface area contributed by atoms with Crippen LogP contribution in [0.15, 0.2) is 59.2 Å². The third-order valence-electron chi connectivity index (χ3n) is 3.02. The lowest BCUT2D eigenvalue weighted by Crippen LogP contribution is -2.48. The lowest BCUT2D eigenvalue weighted by Gasteiger charge is -2.31. The molecule has 4 N–H and O–H groups in total. The van der Waals surface area contributed by atoms with E-state index in [9.17, 15) is 9.50 Å². The number of nitrogens with one attached hydrogen (secondary N) is 3. The molecule has 0 radical (unpaired) electrons. The molecule has 1 aromatic carbocycles. The third kappa shape index (κ3) is 3.87. The minimum absolute atomic E-state index is 0.0116. The van der Waals surface area contributed by atoms with Crippen molar-refractivity contribution < 1.29 is 9.50 Å². The second-order valence-corrected chi connectivity index (χ2v) is 5.87. The first kappa shape index (κ1) is 16.4. The molecule has 0 aliphatic carbocycles. The molecule has 0 fully saturated rings. The van der Waals surface area contributed by atoms with Crippen LogP contribution in [0.1, 0.15) is 0 Å². The SMILES string of the molecule is Oc1cccc(NC2(Cl)N=CC(F)=C(Nc3ccc(Cl)cn3)N2)c1. The molecule has 1 atom stereocenters. The number of nitrogens with zero attached hydrogens (tertiary/aromatic N) is 2. The van der Waals surface area contributed by atoms with Gasteiger partial charge in [-0.3, -0.25) is 0 Å². The van der Waals surface area contributed by atoms with Gasteiger partial charge >= 0.3 is 0 Å². The zero-order valence-electron chi connectivity index (χ0n) is 12.1.